The van der Waals surface area contributed by atoms with Crippen molar-refractivity contribution >= 4 is 35.0 Å². The monoisotopic (exact) mass is 294 g/mol. The third-order valence-electron chi connectivity index (χ3n) is 3.13. The number of hydrogen-bond acceptors (Lipinski definition) is 3. The number of nitrogens with one attached hydrogen (secondary N) is 1. The van der Waals surface area contributed by atoms with Crippen LogP contribution in [0.4, 0.5) is 5.69 Å². The molecule has 1 N–H and O–H groups in total. The molecule has 1 amide bonds. The van der Waals surface area contributed by atoms with E-state index in [1.807, 2.05) is 6.07 Å². The highest BCUT2D eigenvalue weighted by molar-refractivity contribution is 8.00. The number of nitriles is 1. The number of nitrogens with zero attached hydrogens (tertiary/aromatic N) is 1. The molecule has 0 atom stereocenters. The highest BCUT2D eigenvalue weighted by atomic mass is 35.5. The van der Waals surface area contributed by atoms with Gasteiger partial charge >= 0.3 is 0 Å². The van der Waals surface area contributed by atoms with Crippen LogP contribution in [0.5, 0.6) is 0 Å². The van der Waals surface area contributed by atoms with Gasteiger partial charge in [0.15, 0.2) is 0 Å². The van der Waals surface area contributed by atoms with Crippen molar-refractivity contribution in [2.45, 2.75) is 30.9 Å². The Morgan fingerprint density at radius 2 is 2.21 bits per heavy atom. The van der Waals surface area contributed by atoms with E-state index < -0.39 is 0 Å². The second-order valence-corrected chi connectivity index (χ2v) is 6.29. The lowest BCUT2D eigenvalue weighted by Gasteiger charge is -2.10. The van der Waals surface area contributed by atoms with Gasteiger partial charge in [0.2, 0.25) is 5.91 Å². The summed E-state index contributed by atoms with van der Waals surface area (Å²) in [7, 11) is 0. The summed E-state index contributed by atoms with van der Waals surface area (Å²) in [6.07, 6.45) is 4.95. The maximum absolute atomic E-state index is 11.9. The Labute approximate surface area is 122 Å². The average Bonchev–Trinajstić information content (AvgIpc) is 2.90. The molecular weight excluding hydrogens is 280 g/mol. The van der Waals surface area contributed by atoms with Crippen LogP contribution in [0.15, 0.2) is 18.2 Å². The average molecular weight is 295 g/mol. The lowest BCUT2D eigenvalue weighted by atomic mass is 10.2. The summed E-state index contributed by atoms with van der Waals surface area (Å²) in [5, 5.41) is 12.9. The fourth-order valence-electron chi connectivity index (χ4n) is 2.15. The maximum Gasteiger partial charge on any atom is 0.234 e. The van der Waals surface area contributed by atoms with Gasteiger partial charge in [0.1, 0.15) is 6.07 Å². The summed E-state index contributed by atoms with van der Waals surface area (Å²) >= 11 is 7.57. The van der Waals surface area contributed by atoms with Crippen molar-refractivity contribution in [2.75, 3.05) is 11.1 Å². The molecule has 0 bridgehead atoms. The Hall–Kier alpha value is -1.18. The molecule has 0 spiro atoms. The lowest BCUT2D eigenvalue weighted by Crippen LogP contribution is -2.16. The molecule has 3 nitrogen and oxygen atoms in total. The number of carbonyl (C=O) groups is 1. The zero-order valence-corrected chi connectivity index (χ0v) is 12.1. The highest BCUT2D eigenvalue weighted by Crippen LogP contribution is 2.29. The molecule has 0 heterocycles. The van der Waals surface area contributed by atoms with Gasteiger partial charge in [-0.1, -0.05) is 24.4 Å². The van der Waals surface area contributed by atoms with Crippen molar-refractivity contribution in [1.29, 1.82) is 5.26 Å². The number of thioether (sulfide) groups is 1. The Balaban J connectivity index is 1.91. The van der Waals surface area contributed by atoms with Crippen molar-refractivity contribution in [2.24, 2.45) is 0 Å². The van der Waals surface area contributed by atoms with E-state index in [4.69, 9.17) is 16.9 Å². The van der Waals surface area contributed by atoms with Crippen LogP contribution >= 0.6 is 23.4 Å². The summed E-state index contributed by atoms with van der Waals surface area (Å²) in [5.41, 5.74) is 0.927. The predicted molar refractivity (Wildman–Crippen MR) is 79.5 cm³/mol. The van der Waals surface area contributed by atoms with Crippen molar-refractivity contribution in [3.05, 3.63) is 28.8 Å². The van der Waals surface area contributed by atoms with Crippen LogP contribution in [-0.4, -0.2) is 16.9 Å². The number of rotatable bonds is 4. The zero-order chi connectivity index (χ0) is 13.7. The molecule has 1 saturated carbocycles. The zero-order valence-electron chi connectivity index (χ0n) is 10.5. The Morgan fingerprint density at radius 3 is 2.89 bits per heavy atom. The van der Waals surface area contributed by atoms with Gasteiger partial charge in [-0.25, -0.2) is 0 Å². The normalized spacial score (nSPS) is 15.2. The van der Waals surface area contributed by atoms with Crippen molar-refractivity contribution in [3.8, 4) is 6.07 Å². The first-order chi connectivity index (χ1) is 9.19. The molecule has 0 aromatic heterocycles. The Morgan fingerprint density at radius 1 is 1.47 bits per heavy atom. The van der Waals surface area contributed by atoms with Gasteiger partial charge in [-0.05, 0) is 31.0 Å². The van der Waals surface area contributed by atoms with Crippen LogP contribution in [0.25, 0.3) is 0 Å². The van der Waals surface area contributed by atoms with Gasteiger partial charge in [0.25, 0.3) is 0 Å². The van der Waals surface area contributed by atoms with Crippen LogP contribution in [0.1, 0.15) is 31.2 Å². The van der Waals surface area contributed by atoms with Gasteiger partial charge in [-0.3, -0.25) is 4.79 Å². The first-order valence-corrected chi connectivity index (χ1v) is 7.73. The minimum absolute atomic E-state index is 0.0735. The molecule has 0 radical (unpaired) electrons. The van der Waals surface area contributed by atoms with E-state index in [0.717, 1.165) is 0 Å². The first kappa shape index (κ1) is 14.2. The number of amides is 1. The molecule has 19 heavy (non-hydrogen) atoms. The van der Waals surface area contributed by atoms with Crippen LogP contribution < -0.4 is 5.32 Å². The van der Waals surface area contributed by atoms with Crippen LogP contribution in [0, 0.1) is 11.3 Å². The molecule has 1 aliphatic carbocycles. The summed E-state index contributed by atoms with van der Waals surface area (Å²) in [5.74, 6) is 0.359. The molecule has 0 unspecified atom stereocenters. The summed E-state index contributed by atoms with van der Waals surface area (Å²) < 4.78 is 0. The Kier molecular flexibility index (Phi) is 5.12. The smallest absolute Gasteiger partial charge is 0.234 e. The molecule has 0 aliphatic heterocycles. The van der Waals surface area contributed by atoms with Gasteiger partial charge < -0.3 is 5.32 Å². The molecule has 100 valence electrons. The molecule has 1 aliphatic rings. The lowest BCUT2D eigenvalue weighted by molar-refractivity contribution is -0.113. The van der Waals surface area contributed by atoms with Crippen LogP contribution in [0.3, 0.4) is 0 Å². The summed E-state index contributed by atoms with van der Waals surface area (Å²) in [6.45, 7) is 0. The quantitative estimate of drug-likeness (QED) is 0.918. The van der Waals surface area contributed by atoms with E-state index in [9.17, 15) is 4.79 Å². The third kappa shape index (κ3) is 4.15. The van der Waals surface area contributed by atoms with E-state index in [0.29, 0.717) is 27.3 Å². The van der Waals surface area contributed by atoms with Crippen molar-refractivity contribution < 1.29 is 4.79 Å². The predicted octanol–water partition coefficient (Wildman–Crippen LogP) is 3.83. The summed E-state index contributed by atoms with van der Waals surface area (Å²) in [4.78, 5) is 11.9. The topological polar surface area (TPSA) is 52.9 Å². The Bertz CT molecular complexity index is 507. The second kappa shape index (κ2) is 6.83. The summed E-state index contributed by atoms with van der Waals surface area (Å²) in [6, 6.07) is 6.91. The van der Waals surface area contributed by atoms with E-state index in [1.54, 1.807) is 30.0 Å². The molecular formula is C14H15ClN2OS. The molecule has 2 rings (SSSR count). The SMILES string of the molecule is N#Cc1ccc(Cl)cc1NC(=O)CSC1CCCC1. The number of carbonyl (C=O) groups excluding carboxylic acids is 1. The number of hydrogen-bond donors (Lipinski definition) is 1. The fraction of sp³-hybridized carbons (Fsp3) is 0.429. The second-order valence-electron chi connectivity index (χ2n) is 4.57. The van der Waals surface area contributed by atoms with E-state index >= 15 is 0 Å². The third-order valence-corrected chi connectivity index (χ3v) is 4.74. The van der Waals surface area contributed by atoms with Gasteiger partial charge in [-0.2, -0.15) is 5.26 Å². The largest absolute Gasteiger partial charge is 0.324 e. The van der Waals surface area contributed by atoms with Gasteiger partial charge in [0, 0.05) is 10.3 Å². The first-order valence-electron chi connectivity index (χ1n) is 6.30. The highest BCUT2D eigenvalue weighted by Gasteiger charge is 2.17. The number of anilines is 1. The van der Waals surface area contributed by atoms with Crippen molar-refractivity contribution in [1.82, 2.24) is 0 Å². The molecule has 0 saturated heterocycles. The van der Waals surface area contributed by atoms with E-state index in [1.165, 1.54) is 25.7 Å². The number of halogens is 1. The molecule has 1 aromatic carbocycles. The van der Waals surface area contributed by atoms with Gasteiger partial charge in [0.05, 0.1) is 17.0 Å². The molecule has 1 aromatic rings. The van der Waals surface area contributed by atoms with Crippen LogP contribution in [-0.2, 0) is 4.79 Å². The maximum atomic E-state index is 11.9. The minimum Gasteiger partial charge on any atom is -0.324 e. The minimum atomic E-state index is -0.0735. The van der Waals surface area contributed by atoms with Gasteiger partial charge in [-0.15, -0.1) is 11.8 Å². The fourth-order valence-corrected chi connectivity index (χ4v) is 3.45. The van der Waals surface area contributed by atoms with Crippen LogP contribution in [0.2, 0.25) is 5.02 Å². The number of benzene rings is 1. The van der Waals surface area contributed by atoms with Crippen molar-refractivity contribution in [3.63, 3.8) is 0 Å². The molecule has 5 heteroatoms. The standard InChI is InChI=1S/C14H15ClN2OS/c15-11-6-5-10(8-16)13(7-11)17-14(18)9-19-12-3-1-2-4-12/h5-7,12H,1-4,9H2,(H,17,18). The van der Waals surface area contributed by atoms with E-state index in [-0.39, 0.29) is 5.91 Å². The molecule has 1 fully saturated rings. The van der Waals surface area contributed by atoms with E-state index in [2.05, 4.69) is 5.32 Å².